The van der Waals surface area contributed by atoms with Gasteiger partial charge >= 0.3 is 0 Å². The Hall–Kier alpha value is -1.93. The summed E-state index contributed by atoms with van der Waals surface area (Å²) in [5.74, 6) is 6.01. The molecule has 0 atom stereocenters. The van der Waals surface area contributed by atoms with E-state index in [2.05, 4.69) is 53.7 Å². The van der Waals surface area contributed by atoms with Crippen LogP contribution in [-0.2, 0) is 0 Å². The van der Waals surface area contributed by atoms with Crippen LogP contribution in [-0.4, -0.2) is 49.0 Å². The van der Waals surface area contributed by atoms with Crippen molar-refractivity contribution in [3.63, 3.8) is 0 Å². The predicted octanol–water partition coefficient (Wildman–Crippen LogP) is 2.43. The van der Waals surface area contributed by atoms with Gasteiger partial charge in [0.2, 0.25) is 0 Å². The summed E-state index contributed by atoms with van der Waals surface area (Å²) in [6.07, 6.45) is 9.78. The molecule has 0 aliphatic carbocycles. The van der Waals surface area contributed by atoms with Gasteiger partial charge in [-0.05, 0) is 35.3 Å². The van der Waals surface area contributed by atoms with E-state index in [1.165, 1.54) is 4.68 Å². The molecule has 1 aliphatic heterocycles. The zero-order valence-electron chi connectivity index (χ0n) is 13.6. The maximum absolute atomic E-state index is 6.01. The summed E-state index contributed by atoms with van der Waals surface area (Å²) < 4.78 is 4.30. The minimum absolute atomic E-state index is 0.464. The highest BCUT2D eigenvalue weighted by atomic mass is 79.9. The van der Waals surface area contributed by atoms with E-state index in [0.717, 1.165) is 49.1 Å². The number of piperidine rings is 1. The van der Waals surface area contributed by atoms with Gasteiger partial charge in [-0.3, -0.25) is 4.68 Å². The van der Waals surface area contributed by atoms with E-state index in [9.17, 15) is 0 Å². The van der Waals surface area contributed by atoms with Crippen LogP contribution in [0, 0.1) is 0 Å². The highest BCUT2D eigenvalue weighted by molar-refractivity contribution is 9.10. The molecule has 3 aromatic rings. The lowest BCUT2D eigenvalue weighted by molar-refractivity contribution is 0.187. The smallest absolute Gasteiger partial charge is 0.177 e. The van der Waals surface area contributed by atoms with Crippen molar-refractivity contribution in [3.8, 4) is 11.1 Å². The fraction of sp³-hybridized carbons (Fsp3) is 0.438. The summed E-state index contributed by atoms with van der Waals surface area (Å²) in [7, 11) is 0. The van der Waals surface area contributed by atoms with Gasteiger partial charge in [-0.25, -0.2) is 14.6 Å². The molecule has 126 valence electrons. The first-order valence-electron chi connectivity index (χ1n) is 8.21. The van der Waals surface area contributed by atoms with Crippen molar-refractivity contribution in [2.75, 3.05) is 25.5 Å². The fourth-order valence-electron chi connectivity index (χ4n) is 3.38. The molecule has 0 bridgehead atoms. The topological polar surface area (TPSA) is 77.8 Å². The van der Waals surface area contributed by atoms with Gasteiger partial charge < -0.3 is 10.7 Å². The molecule has 0 unspecified atom stereocenters. The number of nitrogen functional groups attached to an aromatic ring is 1. The summed E-state index contributed by atoms with van der Waals surface area (Å²) in [6.45, 7) is 5.61. The monoisotopic (exact) mass is 389 g/mol. The predicted molar refractivity (Wildman–Crippen MR) is 97.0 cm³/mol. The Morgan fingerprint density at radius 1 is 1.25 bits per heavy atom. The second kappa shape index (κ2) is 6.18. The highest BCUT2D eigenvalue weighted by Gasteiger charge is 2.21. The van der Waals surface area contributed by atoms with Gasteiger partial charge in [-0.2, -0.15) is 5.10 Å². The van der Waals surface area contributed by atoms with Crippen molar-refractivity contribution >= 4 is 27.1 Å². The standard InChI is InChI=1S/C16H20BrN7/c1-2-22-5-3-12(4-6-22)24-9-11(7-20-24)13-10-23(18)16-15(13)21-14(17)8-19-16/h7-10,12H,2-6,18H2,1H3. The van der Waals surface area contributed by atoms with Crippen LogP contribution in [0.15, 0.2) is 29.4 Å². The lowest BCUT2D eigenvalue weighted by Crippen LogP contribution is -2.34. The van der Waals surface area contributed by atoms with Gasteiger partial charge in [-0.15, -0.1) is 0 Å². The Balaban J connectivity index is 1.65. The number of aromatic nitrogens is 5. The zero-order chi connectivity index (χ0) is 16.7. The van der Waals surface area contributed by atoms with Crippen molar-refractivity contribution in [2.45, 2.75) is 25.8 Å². The molecule has 0 spiro atoms. The van der Waals surface area contributed by atoms with Crippen LogP contribution in [0.25, 0.3) is 22.3 Å². The molecule has 0 saturated carbocycles. The molecule has 0 aromatic carbocycles. The number of rotatable bonds is 3. The molecule has 4 rings (SSSR count). The van der Waals surface area contributed by atoms with Gasteiger partial charge in [0.25, 0.3) is 0 Å². The number of nitrogens with two attached hydrogens (primary N) is 1. The fourth-order valence-corrected chi connectivity index (χ4v) is 3.66. The molecule has 1 fully saturated rings. The number of hydrogen-bond acceptors (Lipinski definition) is 5. The molecule has 7 nitrogen and oxygen atoms in total. The molecular formula is C16H20BrN7. The van der Waals surface area contributed by atoms with Gasteiger partial charge in [0.05, 0.1) is 18.4 Å². The van der Waals surface area contributed by atoms with E-state index in [1.807, 2.05) is 12.4 Å². The third-order valence-electron chi connectivity index (χ3n) is 4.78. The Kier molecular flexibility index (Phi) is 4.01. The van der Waals surface area contributed by atoms with Crippen molar-refractivity contribution in [1.82, 2.24) is 29.3 Å². The molecule has 1 aliphatic rings. The normalized spacial score (nSPS) is 16.9. The third-order valence-corrected chi connectivity index (χ3v) is 5.16. The van der Waals surface area contributed by atoms with Crippen LogP contribution in [0.2, 0.25) is 0 Å². The Bertz CT molecular complexity index is 861. The first-order chi connectivity index (χ1) is 11.7. The summed E-state index contributed by atoms with van der Waals surface area (Å²) in [4.78, 5) is 11.3. The molecule has 4 heterocycles. The van der Waals surface area contributed by atoms with Crippen molar-refractivity contribution < 1.29 is 0 Å². The highest BCUT2D eigenvalue weighted by Crippen LogP contribution is 2.30. The second-order valence-electron chi connectivity index (χ2n) is 6.19. The minimum Gasteiger partial charge on any atom is -0.338 e. The van der Waals surface area contributed by atoms with Crippen molar-refractivity contribution in [2.24, 2.45) is 0 Å². The number of hydrogen-bond donors (Lipinski definition) is 1. The first-order valence-corrected chi connectivity index (χ1v) is 9.00. The van der Waals surface area contributed by atoms with Crippen LogP contribution in [0.4, 0.5) is 0 Å². The Labute approximate surface area is 148 Å². The summed E-state index contributed by atoms with van der Waals surface area (Å²) in [5.41, 5.74) is 3.43. The molecule has 1 saturated heterocycles. The van der Waals surface area contributed by atoms with Crippen molar-refractivity contribution in [3.05, 3.63) is 29.4 Å². The van der Waals surface area contributed by atoms with Gasteiger partial charge in [0.1, 0.15) is 10.1 Å². The Morgan fingerprint density at radius 2 is 2.04 bits per heavy atom. The maximum atomic E-state index is 6.01. The van der Waals surface area contributed by atoms with E-state index < -0.39 is 0 Å². The maximum Gasteiger partial charge on any atom is 0.177 e. The van der Waals surface area contributed by atoms with E-state index in [-0.39, 0.29) is 0 Å². The molecule has 0 amide bonds. The van der Waals surface area contributed by atoms with Crippen LogP contribution in [0.1, 0.15) is 25.8 Å². The summed E-state index contributed by atoms with van der Waals surface area (Å²) in [5, 5.41) is 4.59. The number of likely N-dealkylation sites (tertiary alicyclic amines) is 1. The van der Waals surface area contributed by atoms with E-state index in [0.29, 0.717) is 16.3 Å². The summed E-state index contributed by atoms with van der Waals surface area (Å²) >= 11 is 3.38. The second-order valence-corrected chi connectivity index (χ2v) is 7.00. The average Bonchev–Trinajstić information content (AvgIpc) is 3.20. The van der Waals surface area contributed by atoms with Gasteiger partial charge in [-0.1, -0.05) is 6.92 Å². The largest absolute Gasteiger partial charge is 0.338 e. The van der Waals surface area contributed by atoms with E-state index in [4.69, 9.17) is 5.84 Å². The lowest BCUT2D eigenvalue weighted by atomic mass is 10.1. The summed E-state index contributed by atoms with van der Waals surface area (Å²) in [6, 6.07) is 0.464. The van der Waals surface area contributed by atoms with E-state index in [1.54, 1.807) is 6.20 Å². The molecule has 8 heteroatoms. The molecular weight excluding hydrogens is 370 g/mol. The lowest BCUT2D eigenvalue weighted by Gasteiger charge is -2.31. The molecule has 2 N–H and O–H groups in total. The zero-order valence-corrected chi connectivity index (χ0v) is 15.1. The van der Waals surface area contributed by atoms with E-state index >= 15 is 0 Å². The van der Waals surface area contributed by atoms with Gasteiger partial charge in [0, 0.05) is 36.6 Å². The van der Waals surface area contributed by atoms with Crippen LogP contribution in [0.3, 0.4) is 0 Å². The molecule has 3 aromatic heterocycles. The van der Waals surface area contributed by atoms with Crippen LogP contribution < -0.4 is 5.84 Å². The quantitative estimate of drug-likeness (QED) is 0.695. The third kappa shape index (κ3) is 2.69. The number of nitrogens with zero attached hydrogens (tertiary/aromatic N) is 6. The van der Waals surface area contributed by atoms with Crippen molar-refractivity contribution in [1.29, 1.82) is 0 Å². The van der Waals surface area contributed by atoms with Crippen LogP contribution >= 0.6 is 15.9 Å². The molecule has 0 radical (unpaired) electrons. The average molecular weight is 390 g/mol. The van der Waals surface area contributed by atoms with Gasteiger partial charge in [0.15, 0.2) is 5.65 Å². The first kappa shape index (κ1) is 15.6. The number of fused-ring (bicyclic) bond motifs is 1. The SMILES string of the molecule is CCN1CCC(n2cc(-c3cn(N)c4ncc(Br)nc34)cn2)CC1. The molecule has 24 heavy (non-hydrogen) atoms. The Morgan fingerprint density at radius 3 is 2.79 bits per heavy atom. The number of halogens is 1. The van der Waals surface area contributed by atoms with Crippen LogP contribution in [0.5, 0.6) is 0 Å². The minimum atomic E-state index is 0.464.